The van der Waals surface area contributed by atoms with Crippen molar-refractivity contribution in [3.63, 3.8) is 0 Å². The van der Waals surface area contributed by atoms with Crippen molar-refractivity contribution in [1.82, 2.24) is 0 Å². The normalized spacial score (nSPS) is 14.1. The van der Waals surface area contributed by atoms with Gasteiger partial charge in [0.25, 0.3) is 0 Å². The van der Waals surface area contributed by atoms with E-state index < -0.39 is 17.8 Å². The number of hydrogen-bond acceptors (Lipinski definition) is 6. The van der Waals surface area contributed by atoms with Gasteiger partial charge in [-0.3, -0.25) is 0 Å². The van der Waals surface area contributed by atoms with E-state index in [1.165, 1.54) is 24.3 Å². The Bertz CT molecular complexity index is 1280. The molecule has 1 aliphatic rings. The number of cyclic esters (lactones) is 1. The first-order chi connectivity index (χ1) is 15.9. The molecule has 0 amide bonds. The van der Waals surface area contributed by atoms with Gasteiger partial charge in [0.1, 0.15) is 5.82 Å². The van der Waals surface area contributed by atoms with Gasteiger partial charge < -0.3 is 14.2 Å². The van der Waals surface area contributed by atoms with Crippen LogP contribution in [0.1, 0.15) is 28.4 Å². The summed E-state index contributed by atoms with van der Waals surface area (Å²) in [6, 6.07) is 17.0. The molecule has 4 rings (SSSR count). The summed E-state index contributed by atoms with van der Waals surface area (Å²) in [5.74, 6) is -1.41. The maximum absolute atomic E-state index is 14.0. The van der Waals surface area contributed by atoms with E-state index in [-0.39, 0.29) is 22.9 Å². The summed E-state index contributed by atoms with van der Waals surface area (Å²) in [5, 5.41) is 0.505. The molecule has 33 heavy (non-hydrogen) atoms. The highest BCUT2D eigenvalue weighted by Crippen LogP contribution is 2.31. The highest BCUT2D eigenvalue weighted by atomic mass is 35.5. The monoisotopic (exact) mass is 465 g/mol. The highest BCUT2D eigenvalue weighted by Gasteiger charge is 2.26. The van der Waals surface area contributed by atoms with Crippen LogP contribution in [-0.2, 0) is 9.53 Å². The number of nitrogens with zero attached hydrogens (tertiary/aromatic N) is 1. The Morgan fingerprint density at radius 2 is 1.85 bits per heavy atom. The zero-order valence-corrected chi connectivity index (χ0v) is 18.1. The molecule has 0 atom stereocenters. The Morgan fingerprint density at radius 3 is 2.58 bits per heavy atom. The molecule has 0 radical (unpaired) electrons. The van der Waals surface area contributed by atoms with Gasteiger partial charge in [-0.2, -0.15) is 0 Å². The molecule has 0 unspecified atom stereocenters. The van der Waals surface area contributed by atoms with E-state index >= 15 is 0 Å². The molecule has 1 aliphatic heterocycles. The van der Waals surface area contributed by atoms with Crippen molar-refractivity contribution in [2.24, 2.45) is 4.99 Å². The van der Waals surface area contributed by atoms with Crippen LogP contribution >= 0.6 is 11.6 Å². The van der Waals surface area contributed by atoms with Crippen LogP contribution in [0, 0.1) is 5.82 Å². The molecular formula is C25H17ClFNO5. The fraction of sp³-hybridized carbons (Fsp3) is 0.0800. The number of carbonyl (C=O) groups is 2. The van der Waals surface area contributed by atoms with Crippen LogP contribution < -0.4 is 9.47 Å². The van der Waals surface area contributed by atoms with Crippen LogP contribution in [0.25, 0.3) is 6.08 Å². The molecule has 6 nitrogen and oxygen atoms in total. The van der Waals surface area contributed by atoms with E-state index in [4.69, 9.17) is 25.8 Å². The molecule has 0 N–H and O–H groups in total. The summed E-state index contributed by atoms with van der Waals surface area (Å²) in [6.07, 6.45) is 1.48. The van der Waals surface area contributed by atoms with Crippen molar-refractivity contribution in [2.45, 2.75) is 6.92 Å². The maximum Gasteiger partial charge on any atom is 0.363 e. The van der Waals surface area contributed by atoms with Gasteiger partial charge in [0.15, 0.2) is 17.2 Å². The van der Waals surface area contributed by atoms with Gasteiger partial charge in [-0.15, -0.1) is 0 Å². The molecule has 0 saturated heterocycles. The number of hydrogen-bond donors (Lipinski definition) is 0. The summed E-state index contributed by atoms with van der Waals surface area (Å²) in [6.45, 7) is 2.11. The first-order valence-electron chi connectivity index (χ1n) is 9.96. The summed E-state index contributed by atoms with van der Waals surface area (Å²) >= 11 is 5.85. The van der Waals surface area contributed by atoms with Crippen molar-refractivity contribution >= 4 is 35.5 Å². The molecule has 0 aliphatic carbocycles. The average molecular weight is 466 g/mol. The van der Waals surface area contributed by atoms with E-state index in [1.54, 1.807) is 55.5 Å². The number of esters is 2. The van der Waals surface area contributed by atoms with Crippen LogP contribution in [0.4, 0.5) is 4.39 Å². The van der Waals surface area contributed by atoms with Gasteiger partial charge in [-0.25, -0.2) is 19.0 Å². The van der Waals surface area contributed by atoms with Crippen LogP contribution in [-0.4, -0.2) is 24.4 Å². The third kappa shape index (κ3) is 5.10. The topological polar surface area (TPSA) is 74.2 Å². The van der Waals surface area contributed by atoms with E-state index in [0.717, 1.165) is 0 Å². The summed E-state index contributed by atoms with van der Waals surface area (Å²) < 4.78 is 30.2. The summed E-state index contributed by atoms with van der Waals surface area (Å²) in [5.41, 5.74) is 0.974. The molecule has 0 spiro atoms. The average Bonchev–Trinajstić information content (AvgIpc) is 3.16. The molecule has 8 heteroatoms. The van der Waals surface area contributed by atoms with E-state index in [0.29, 0.717) is 28.5 Å². The van der Waals surface area contributed by atoms with Crippen LogP contribution in [0.15, 0.2) is 77.4 Å². The number of rotatable bonds is 6. The number of carbonyl (C=O) groups excluding carboxylic acids is 2. The fourth-order valence-corrected chi connectivity index (χ4v) is 3.15. The minimum atomic E-state index is -0.704. The second kappa shape index (κ2) is 9.67. The summed E-state index contributed by atoms with van der Waals surface area (Å²) in [4.78, 5) is 28.8. The molecule has 1 heterocycles. The lowest BCUT2D eigenvalue weighted by atomic mass is 10.1. The Morgan fingerprint density at radius 1 is 1.09 bits per heavy atom. The third-order valence-electron chi connectivity index (χ3n) is 4.58. The Labute approximate surface area is 193 Å². The first kappa shape index (κ1) is 22.2. The molecule has 166 valence electrons. The largest absolute Gasteiger partial charge is 0.490 e. The third-order valence-corrected chi connectivity index (χ3v) is 4.83. The number of benzene rings is 3. The predicted molar refractivity (Wildman–Crippen MR) is 121 cm³/mol. The second-order valence-corrected chi connectivity index (χ2v) is 7.29. The van der Waals surface area contributed by atoms with Crippen molar-refractivity contribution < 1.29 is 28.2 Å². The van der Waals surface area contributed by atoms with Crippen molar-refractivity contribution in [3.05, 3.63) is 100.0 Å². The first-order valence-corrected chi connectivity index (χ1v) is 10.3. The summed E-state index contributed by atoms with van der Waals surface area (Å²) in [7, 11) is 0. The lowest BCUT2D eigenvalue weighted by molar-refractivity contribution is -0.129. The zero-order chi connectivity index (χ0) is 23.4. The SMILES string of the molecule is CCOc1cc(/C=C2/N=C(c3ccccc3F)OC2=O)ccc1OC(=O)c1ccc(Cl)cc1. The number of aliphatic imine (C=N–C) groups is 1. The molecule has 0 bridgehead atoms. The standard InChI is InChI=1S/C25H17ClFNO5/c1-2-31-22-14-15(7-12-21(22)32-24(29)16-8-10-17(26)11-9-16)13-20-25(30)33-23(28-20)18-5-3-4-6-19(18)27/h3-14H,2H2,1H3/b20-13+. The second-order valence-electron chi connectivity index (χ2n) is 6.85. The Balaban J connectivity index is 1.60. The van der Waals surface area contributed by atoms with Gasteiger partial charge >= 0.3 is 11.9 Å². The predicted octanol–water partition coefficient (Wildman–Crippen LogP) is 5.44. The molecule has 0 aromatic heterocycles. The van der Waals surface area contributed by atoms with Crippen molar-refractivity contribution in [2.75, 3.05) is 6.61 Å². The van der Waals surface area contributed by atoms with E-state index in [1.807, 2.05) is 0 Å². The van der Waals surface area contributed by atoms with Crippen molar-refractivity contribution in [3.8, 4) is 11.5 Å². The smallest absolute Gasteiger partial charge is 0.363 e. The Kier molecular flexibility index (Phi) is 6.51. The molecule has 3 aromatic rings. The number of halogens is 2. The van der Waals surface area contributed by atoms with E-state index in [9.17, 15) is 14.0 Å². The van der Waals surface area contributed by atoms with Crippen LogP contribution in [0.2, 0.25) is 5.02 Å². The molecule has 0 saturated carbocycles. The molecular weight excluding hydrogens is 449 g/mol. The fourth-order valence-electron chi connectivity index (χ4n) is 3.03. The molecule has 3 aromatic carbocycles. The quantitative estimate of drug-likeness (QED) is 0.275. The van der Waals surface area contributed by atoms with Crippen LogP contribution in [0.5, 0.6) is 11.5 Å². The van der Waals surface area contributed by atoms with E-state index in [2.05, 4.69) is 4.99 Å². The lowest BCUT2D eigenvalue weighted by Gasteiger charge is -2.11. The Hall–Kier alpha value is -3.97. The molecule has 0 fully saturated rings. The van der Waals surface area contributed by atoms with Gasteiger partial charge in [0, 0.05) is 5.02 Å². The van der Waals surface area contributed by atoms with Gasteiger partial charge in [0.2, 0.25) is 5.90 Å². The minimum Gasteiger partial charge on any atom is -0.490 e. The van der Waals surface area contributed by atoms with Crippen molar-refractivity contribution in [1.29, 1.82) is 0 Å². The van der Waals surface area contributed by atoms with Gasteiger partial charge in [-0.1, -0.05) is 29.8 Å². The highest BCUT2D eigenvalue weighted by molar-refractivity contribution is 6.30. The maximum atomic E-state index is 14.0. The number of ether oxygens (including phenoxy) is 3. The minimum absolute atomic E-state index is 0.00149. The van der Waals surface area contributed by atoms with Crippen LogP contribution in [0.3, 0.4) is 0 Å². The lowest BCUT2D eigenvalue weighted by Crippen LogP contribution is -2.09. The zero-order valence-electron chi connectivity index (χ0n) is 17.4. The van der Waals surface area contributed by atoms with Gasteiger partial charge in [0.05, 0.1) is 17.7 Å². The van der Waals surface area contributed by atoms with Gasteiger partial charge in [-0.05, 0) is 67.1 Å².